The molecule has 0 spiro atoms. The number of nitrogens with one attached hydrogen (secondary N) is 1. The third-order valence-electron chi connectivity index (χ3n) is 3.23. The average Bonchev–Trinajstić information content (AvgIpc) is 2.85. The van der Waals surface area contributed by atoms with Crippen molar-refractivity contribution in [2.45, 2.75) is 33.2 Å². The second-order valence-corrected chi connectivity index (χ2v) is 7.16. The molecule has 2 amide bonds. The van der Waals surface area contributed by atoms with Crippen molar-refractivity contribution in [2.75, 3.05) is 10.2 Å². The van der Waals surface area contributed by atoms with E-state index < -0.39 is 11.6 Å². The molecule has 2 N–H and O–H groups in total. The van der Waals surface area contributed by atoms with Gasteiger partial charge in [-0.05, 0) is 56.8 Å². The van der Waals surface area contributed by atoms with Gasteiger partial charge in [-0.25, -0.2) is 4.79 Å². The van der Waals surface area contributed by atoms with Gasteiger partial charge in [0.15, 0.2) is 0 Å². The fourth-order valence-corrected chi connectivity index (χ4v) is 3.08. The molecule has 0 radical (unpaired) electrons. The quantitative estimate of drug-likeness (QED) is 0.863. The highest BCUT2D eigenvalue weighted by Gasteiger charge is 2.31. The van der Waals surface area contributed by atoms with E-state index in [0.29, 0.717) is 16.3 Å². The van der Waals surface area contributed by atoms with Crippen LogP contribution in [0.4, 0.5) is 16.2 Å². The molecule has 1 aromatic carbocycles. The van der Waals surface area contributed by atoms with E-state index in [1.54, 1.807) is 38.3 Å². The summed E-state index contributed by atoms with van der Waals surface area (Å²) in [7, 11) is 0. The molecule has 0 fully saturated rings. The molecule has 5 nitrogen and oxygen atoms in total. The first-order valence-electron chi connectivity index (χ1n) is 7.19. The van der Waals surface area contributed by atoms with E-state index in [9.17, 15) is 14.7 Å². The summed E-state index contributed by atoms with van der Waals surface area (Å²) in [6, 6.07) is 9.13. The van der Waals surface area contributed by atoms with Crippen LogP contribution in [0.1, 0.15) is 36.0 Å². The third kappa shape index (κ3) is 3.90. The summed E-state index contributed by atoms with van der Waals surface area (Å²) in [6.45, 7) is 7.32. The van der Waals surface area contributed by atoms with Gasteiger partial charge >= 0.3 is 6.09 Å². The van der Waals surface area contributed by atoms with Crippen LogP contribution in [0.3, 0.4) is 0 Å². The van der Waals surface area contributed by atoms with Crippen LogP contribution in [0.25, 0.3) is 0 Å². The summed E-state index contributed by atoms with van der Waals surface area (Å²) < 4.78 is 0. The summed E-state index contributed by atoms with van der Waals surface area (Å²) in [5.41, 5.74) is 1.48. The molecule has 0 saturated heterocycles. The van der Waals surface area contributed by atoms with Crippen LogP contribution in [-0.2, 0) is 0 Å². The Hall–Kier alpha value is -2.34. The molecule has 0 bridgehead atoms. The number of hydrogen-bond donors (Lipinski definition) is 2. The molecular formula is C17H20N2O3S. The van der Waals surface area contributed by atoms with Gasteiger partial charge in [0.25, 0.3) is 5.91 Å². The van der Waals surface area contributed by atoms with Gasteiger partial charge < -0.3 is 10.4 Å². The molecular weight excluding hydrogens is 312 g/mol. The molecule has 0 unspecified atom stereocenters. The highest BCUT2D eigenvalue weighted by atomic mass is 32.1. The van der Waals surface area contributed by atoms with Crippen molar-refractivity contribution in [2.24, 2.45) is 0 Å². The number of anilines is 2. The van der Waals surface area contributed by atoms with Gasteiger partial charge in [-0.15, -0.1) is 11.3 Å². The molecule has 0 atom stereocenters. The summed E-state index contributed by atoms with van der Waals surface area (Å²) in [5, 5.41) is 14.1. The van der Waals surface area contributed by atoms with Crippen molar-refractivity contribution in [1.29, 1.82) is 0 Å². The van der Waals surface area contributed by atoms with Gasteiger partial charge in [-0.1, -0.05) is 12.1 Å². The van der Waals surface area contributed by atoms with E-state index in [0.717, 1.165) is 5.56 Å². The van der Waals surface area contributed by atoms with Crippen molar-refractivity contribution in [3.8, 4) is 0 Å². The Balaban J connectivity index is 2.33. The number of thiophene rings is 1. The molecule has 6 heteroatoms. The SMILES string of the molecule is Cc1cccc(NC(=O)c2sccc2N(C(=O)O)C(C)(C)C)c1. The first kappa shape index (κ1) is 17.0. The molecule has 1 aromatic heterocycles. The number of hydrogen-bond acceptors (Lipinski definition) is 3. The fraction of sp³-hybridized carbons (Fsp3) is 0.294. The van der Waals surface area contributed by atoms with E-state index in [1.165, 1.54) is 16.2 Å². The van der Waals surface area contributed by atoms with E-state index in [4.69, 9.17) is 0 Å². The molecule has 1 heterocycles. The lowest BCUT2D eigenvalue weighted by atomic mass is 10.1. The molecule has 23 heavy (non-hydrogen) atoms. The van der Waals surface area contributed by atoms with Gasteiger partial charge in [0.05, 0.1) is 5.69 Å². The van der Waals surface area contributed by atoms with Crippen molar-refractivity contribution >= 4 is 34.7 Å². The Bertz CT molecular complexity index is 731. The first-order chi connectivity index (χ1) is 10.7. The fourth-order valence-electron chi connectivity index (χ4n) is 2.31. The van der Waals surface area contributed by atoms with Gasteiger partial charge in [-0.3, -0.25) is 9.69 Å². The standard InChI is InChI=1S/C17H20N2O3S/c1-11-6-5-7-12(10-11)18-15(20)14-13(8-9-23-14)19(16(21)22)17(2,3)4/h5-10H,1-4H3,(H,18,20)(H,21,22). The first-order valence-corrected chi connectivity index (χ1v) is 8.07. The second-order valence-electron chi connectivity index (χ2n) is 6.25. The topological polar surface area (TPSA) is 69.6 Å². The van der Waals surface area contributed by atoms with E-state index >= 15 is 0 Å². The van der Waals surface area contributed by atoms with Gasteiger partial charge in [-0.2, -0.15) is 0 Å². The average molecular weight is 332 g/mol. The van der Waals surface area contributed by atoms with Crippen molar-refractivity contribution in [3.05, 3.63) is 46.2 Å². The smallest absolute Gasteiger partial charge is 0.412 e. The Morgan fingerprint density at radius 1 is 1.22 bits per heavy atom. The van der Waals surface area contributed by atoms with Crippen LogP contribution in [0.2, 0.25) is 0 Å². The number of benzene rings is 1. The van der Waals surface area contributed by atoms with E-state index in [-0.39, 0.29) is 5.91 Å². The predicted octanol–water partition coefficient (Wildman–Crippen LogP) is 4.59. The lowest BCUT2D eigenvalue weighted by Gasteiger charge is -2.33. The molecule has 2 aromatic rings. The van der Waals surface area contributed by atoms with Crippen LogP contribution < -0.4 is 10.2 Å². The maximum atomic E-state index is 12.5. The summed E-state index contributed by atoms with van der Waals surface area (Å²) in [6.07, 6.45) is -1.08. The number of nitrogens with zero attached hydrogens (tertiary/aromatic N) is 1. The second kappa shape index (κ2) is 6.42. The highest BCUT2D eigenvalue weighted by Crippen LogP contribution is 2.32. The van der Waals surface area contributed by atoms with Crippen LogP contribution >= 0.6 is 11.3 Å². The minimum atomic E-state index is -1.08. The minimum absolute atomic E-state index is 0.309. The molecule has 0 aliphatic carbocycles. The maximum Gasteiger partial charge on any atom is 0.412 e. The van der Waals surface area contributed by atoms with Crippen LogP contribution in [0.5, 0.6) is 0 Å². The lowest BCUT2D eigenvalue weighted by Crippen LogP contribution is -2.45. The van der Waals surface area contributed by atoms with Crippen molar-refractivity contribution < 1.29 is 14.7 Å². The molecule has 0 aliphatic rings. The zero-order valence-electron chi connectivity index (χ0n) is 13.6. The maximum absolute atomic E-state index is 12.5. The monoisotopic (exact) mass is 332 g/mol. The normalized spacial score (nSPS) is 11.1. The van der Waals surface area contributed by atoms with E-state index in [1.807, 2.05) is 25.1 Å². The molecule has 0 saturated carbocycles. The Kier molecular flexibility index (Phi) is 4.75. The largest absolute Gasteiger partial charge is 0.465 e. The number of carbonyl (C=O) groups excluding carboxylic acids is 1. The summed E-state index contributed by atoms with van der Waals surface area (Å²) in [5.74, 6) is -0.309. The van der Waals surface area contributed by atoms with Gasteiger partial charge in [0, 0.05) is 11.2 Å². The molecule has 122 valence electrons. The lowest BCUT2D eigenvalue weighted by molar-refractivity contribution is 0.103. The van der Waals surface area contributed by atoms with Crippen LogP contribution in [-0.4, -0.2) is 22.6 Å². The molecule has 0 aliphatic heterocycles. The van der Waals surface area contributed by atoms with Gasteiger partial charge in [0.2, 0.25) is 0 Å². The number of carboxylic acid groups (broad SMARTS) is 1. The highest BCUT2D eigenvalue weighted by molar-refractivity contribution is 7.12. The summed E-state index contributed by atoms with van der Waals surface area (Å²) in [4.78, 5) is 25.8. The Morgan fingerprint density at radius 3 is 2.48 bits per heavy atom. The Labute approximate surface area is 139 Å². The van der Waals surface area contributed by atoms with Gasteiger partial charge in [0.1, 0.15) is 4.88 Å². The third-order valence-corrected chi connectivity index (χ3v) is 4.13. The van der Waals surface area contributed by atoms with Crippen molar-refractivity contribution in [1.82, 2.24) is 0 Å². The zero-order chi connectivity index (χ0) is 17.2. The predicted molar refractivity (Wildman–Crippen MR) is 93.7 cm³/mol. The number of rotatable bonds is 3. The number of aryl methyl sites for hydroxylation is 1. The van der Waals surface area contributed by atoms with E-state index in [2.05, 4.69) is 5.32 Å². The Morgan fingerprint density at radius 2 is 1.91 bits per heavy atom. The minimum Gasteiger partial charge on any atom is -0.465 e. The van der Waals surface area contributed by atoms with Crippen LogP contribution in [0, 0.1) is 6.92 Å². The zero-order valence-corrected chi connectivity index (χ0v) is 14.4. The number of carbonyl (C=O) groups is 2. The number of amides is 2. The van der Waals surface area contributed by atoms with Crippen molar-refractivity contribution in [3.63, 3.8) is 0 Å². The van der Waals surface area contributed by atoms with Crippen LogP contribution in [0.15, 0.2) is 35.7 Å². The molecule has 2 rings (SSSR count). The summed E-state index contributed by atoms with van der Waals surface area (Å²) >= 11 is 1.23.